The van der Waals surface area contributed by atoms with Gasteiger partial charge >= 0.3 is 0 Å². The molecule has 19 heavy (non-hydrogen) atoms. The number of phenolic OH excluding ortho intramolecular Hbond substituents is 1. The van der Waals surface area contributed by atoms with Gasteiger partial charge in [-0.1, -0.05) is 18.6 Å². The van der Waals surface area contributed by atoms with Gasteiger partial charge in [-0.25, -0.2) is 8.42 Å². The van der Waals surface area contributed by atoms with Crippen LogP contribution in [0.25, 0.3) is 0 Å². The molecule has 1 atom stereocenters. The van der Waals surface area contributed by atoms with E-state index in [1.165, 1.54) is 0 Å². The lowest BCUT2D eigenvalue weighted by molar-refractivity contribution is 0.423. The van der Waals surface area contributed by atoms with Gasteiger partial charge in [0.05, 0.1) is 11.5 Å². The topological polar surface area (TPSA) is 66.4 Å². The maximum Gasteiger partial charge on any atom is 0.152 e. The van der Waals surface area contributed by atoms with Crippen molar-refractivity contribution in [1.29, 1.82) is 0 Å². The average molecular weight is 283 g/mol. The highest BCUT2D eigenvalue weighted by molar-refractivity contribution is 7.91. The van der Waals surface area contributed by atoms with Crippen LogP contribution in [0.3, 0.4) is 0 Å². The van der Waals surface area contributed by atoms with Crippen molar-refractivity contribution in [2.75, 3.05) is 18.1 Å². The summed E-state index contributed by atoms with van der Waals surface area (Å²) >= 11 is 0. The smallest absolute Gasteiger partial charge is 0.152 e. The summed E-state index contributed by atoms with van der Waals surface area (Å²) in [7, 11) is -3.04. The van der Waals surface area contributed by atoms with Crippen LogP contribution in [-0.4, -0.2) is 37.6 Å². The second kappa shape index (κ2) is 6.39. The summed E-state index contributed by atoms with van der Waals surface area (Å²) in [6, 6.07) is 6.90. The molecule has 0 saturated carbocycles. The van der Waals surface area contributed by atoms with Crippen LogP contribution in [0.15, 0.2) is 24.3 Å². The van der Waals surface area contributed by atoms with Gasteiger partial charge in [0.15, 0.2) is 9.84 Å². The number of aromatic hydroxyl groups is 1. The fraction of sp³-hybridized carbons (Fsp3) is 0.571. The standard InChI is InChI=1S/C14H21NO3S/c16-14-6-3-4-12(10-14)7-9-19(17,18)11-13-5-1-2-8-15-13/h3-4,6,10,13,15-16H,1-2,5,7-9,11H2. The molecule has 5 heteroatoms. The van der Waals surface area contributed by atoms with E-state index < -0.39 is 9.84 Å². The lowest BCUT2D eigenvalue weighted by Gasteiger charge is -2.23. The number of hydrogen-bond acceptors (Lipinski definition) is 4. The number of nitrogens with one attached hydrogen (secondary N) is 1. The van der Waals surface area contributed by atoms with Crippen molar-refractivity contribution in [2.45, 2.75) is 31.7 Å². The van der Waals surface area contributed by atoms with Crippen molar-refractivity contribution in [3.63, 3.8) is 0 Å². The van der Waals surface area contributed by atoms with Crippen LogP contribution >= 0.6 is 0 Å². The highest BCUT2D eigenvalue weighted by Gasteiger charge is 2.20. The van der Waals surface area contributed by atoms with E-state index in [0.29, 0.717) is 6.42 Å². The molecule has 1 aromatic carbocycles. The minimum atomic E-state index is -3.04. The Morgan fingerprint density at radius 2 is 2.16 bits per heavy atom. The van der Waals surface area contributed by atoms with Crippen molar-refractivity contribution < 1.29 is 13.5 Å². The Morgan fingerprint density at radius 1 is 1.32 bits per heavy atom. The predicted molar refractivity (Wildman–Crippen MR) is 76.1 cm³/mol. The molecule has 4 nitrogen and oxygen atoms in total. The van der Waals surface area contributed by atoms with Crippen molar-refractivity contribution >= 4 is 9.84 Å². The summed E-state index contributed by atoms with van der Waals surface area (Å²) in [5.74, 6) is 0.560. The molecule has 1 heterocycles. The highest BCUT2D eigenvalue weighted by Crippen LogP contribution is 2.14. The van der Waals surface area contributed by atoms with Gasteiger partial charge in [0, 0.05) is 6.04 Å². The third kappa shape index (κ3) is 4.84. The molecule has 1 unspecified atom stereocenters. The van der Waals surface area contributed by atoms with Crippen LogP contribution in [0, 0.1) is 0 Å². The maximum atomic E-state index is 12.1. The molecule has 1 fully saturated rings. The number of phenols is 1. The van der Waals surface area contributed by atoms with E-state index in [1.54, 1.807) is 18.2 Å². The van der Waals surface area contributed by atoms with E-state index in [9.17, 15) is 13.5 Å². The lowest BCUT2D eigenvalue weighted by Crippen LogP contribution is -2.40. The van der Waals surface area contributed by atoms with Crippen molar-refractivity contribution in [3.8, 4) is 5.75 Å². The average Bonchev–Trinajstić information content (AvgIpc) is 2.37. The molecule has 1 aliphatic rings. The van der Waals surface area contributed by atoms with Crippen LogP contribution in [0.1, 0.15) is 24.8 Å². The van der Waals surface area contributed by atoms with Gasteiger partial charge in [-0.05, 0) is 43.5 Å². The van der Waals surface area contributed by atoms with Gasteiger partial charge in [0.1, 0.15) is 5.75 Å². The number of sulfone groups is 1. The van der Waals surface area contributed by atoms with E-state index in [0.717, 1.165) is 31.4 Å². The molecule has 0 aromatic heterocycles. The normalized spacial score (nSPS) is 20.3. The first kappa shape index (κ1) is 14.3. The van der Waals surface area contributed by atoms with Crippen molar-refractivity contribution in [2.24, 2.45) is 0 Å². The van der Waals surface area contributed by atoms with Crippen molar-refractivity contribution in [1.82, 2.24) is 5.32 Å². The summed E-state index contributed by atoms with van der Waals surface area (Å²) in [6.07, 6.45) is 3.66. The van der Waals surface area contributed by atoms with Gasteiger partial charge in [0.25, 0.3) is 0 Å². The van der Waals surface area contributed by atoms with Gasteiger partial charge in [-0.3, -0.25) is 0 Å². The first-order valence-corrected chi connectivity index (χ1v) is 8.59. The number of aryl methyl sites for hydroxylation is 1. The summed E-state index contributed by atoms with van der Waals surface area (Å²) in [5.41, 5.74) is 0.861. The third-order valence-corrected chi connectivity index (χ3v) is 5.22. The second-order valence-corrected chi connectivity index (χ2v) is 7.41. The summed E-state index contributed by atoms with van der Waals surface area (Å²) in [5, 5.41) is 12.6. The van der Waals surface area contributed by atoms with Gasteiger partial charge in [-0.15, -0.1) is 0 Å². The lowest BCUT2D eigenvalue weighted by atomic mass is 10.1. The molecule has 1 saturated heterocycles. The molecule has 0 aliphatic carbocycles. The molecule has 1 aliphatic heterocycles. The Hall–Kier alpha value is -1.07. The third-order valence-electron chi connectivity index (χ3n) is 3.48. The number of rotatable bonds is 5. The Balaban J connectivity index is 1.86. The van der Waals surface area contributed by atoms with Crippen LogP contribution in [0.5, 0.6) is 5.75 Å². The molecular weight excluding hydrogens is 262 g/mol. The van der Waals surface area contributed by atoms with Crippen LogP contribution < -0.4 is 5.32 Å². The number of hydrogen-bond donors (Lipinski definition) is 2. The predicted octanol–water partition coefficient (Wildman–Crippen LogP) is 1.49. The monoisotopic (exact) mass is 283 g/mol. The highest BCUT2D eigenvalue weighted by atomic mass is 32.2. The Bertz CT molecular complexity index is 507. The quantitative estimate of drug-likeness (QED) is 0.859. The molecule has 0 radical (unpaired) electrons. The van der Waals surface area contributed by atoms with Gasteiger partial charge in [0.2, 0.25) is 0 Å². The summed E-state index contributed by atoms with van der Waals surface area (Å²) in [4.78, 5) is 0. The Morgan fingerprint density at radius 3 is 2.84 bits per heavy atom. The minimum Gasteiger partial charge on any atom is -0.508 e. The molecule has 2 N–H and O–H groups in total. The fourth-order valence-electron chi connectivity index (χ4n) is 2.44. The Kier molecular flexibility index (Phi) is 4.82. The van der Waals surface area contributed by atoms with E-state index >= 15 is 0 Å². The second-order valence-electron chi connectivity index (χ2n) is 5.18. The van der Waals surface area contributed by atoms with Crippen molar-refractivity contribution in [3.05, 3.63) is 29.8 Å². The van der Waals surface area contributed by atoms with Crippen LogP contribution in [0.4, 0.5) is 0 Å². The van der Waals surface area contributed by atoms with E-state index in [2.05, 4.69) is 5.32 Å². The fourth-order valence-corrected chi connectivity index (χ4v) is 4.05. The summed E-state index contributed by atoms with van der Waals surface area (Å²) in [6.45, 7) is 0.923. The molecule has 2 rings (SSSR count). The largest absolute Gasteiger partial charge is 0.508 e. The Labute approximate surface area is 114 Å². The van der Waals surface area contributed by atoms with Gasteiger partial charge < -0.3 is 10.4 Å². The van der Waals surface area contributed by atoms with Crippen LogP contribution in [0.2, 0.25) is 0 Å². The van der Waals surface area contributed by atoms with Crippen LogP contribution in [-0.2, 0) is 16.3 Å². The molecule has 106 valence electrons. The zero-order valence-corrected chi connectivity index (χ0v) is 11.8. The molecule has 0 spiro atoms. The zero-order chi connectivity index (χ0) is 13.7. The van der Waals surface area contributed by atoms with E-state index in [1.807, 2.05) is 6.07 Å². The summed E-state index contributed by atoms with van der Waals surface area (Å²) < 4.78 is 24.1. The first-order valence-electron chi connectivity index (χ1n) is 6.77. The molecule has 0 bridgehead atoms. The number of piperidine rings is 1. The maximum absolute atomic E-state index is 12.1. The van der Waals surface area contributed by atoms with Gasteiger partial charge in [-0.2, -0.15) is 0 Å². The van der Waals surface area contributed by atoms with E-state index in [-0.39, 0.29) is 23.3 Å². The molecule has 1 aromatic rings. The zero-order valence-electron chi connectivity index (χ0n) is 11.0. The molecular formula is C14H21NO3S. The van der Waals surface area contributed by atoms with E-state index in [4.69, 9.17) is 0 Å². The number of benzene rings is 1. The first-order chi connectivity index (χ1) is 9.05. The molecule has 0 amide bonds. The minimum absolute atomic E-state index is 0.114. The SMILES string of the molecule is O=S(=O)(CCc1cccc(O)c1)CC1CCCCN1.